The minimum atomic E-state index is -0.228. The van der Waals surface area contributed by atoms with E-state index >= 15 is 0 Å². The number of fused-ring (bicyclic) bond motifs is 1. The normalized spacial score (nSPS) is 21.0. The molecule has 0 radical (unpaired) electrons. The Balaban J connectivity index is 1.53. The van der Waals surface area contributed by atoms with Crippen LogP contribution in [0.2, 0.25) is 0 Å². The summed E-state index contributed by atoms with van der Waals surface area (Å²) >= 11 is 0. The largest absolute Gasteiger partial charge is 0.353 e. The van der Waals surface area contributed by atoms with Crippen LogP contribution in [-0.4, -0.2) is 33.0 Å². The second-order valence-electron chi connectivity index (χ2n) is 6.90. The van der Waals surface area contributed by atoms with Crippen molar-refractivity contribution in [2.45, 2.75) is 76.3 Å². The summed E-state index contributed by atoms with van der Waals surface area (Å²) in [6.45, 7) is 0.834. The quantitative estimate of drug-likeness (QED) is 0.822. The summed E-state index contributed by atoms with van der Waals surface area (Å²) < 4.78 is 1.76. The molecule has 6 nitrogen and oxygen atoms in total. The molecule has 1 heterocycles. The number of rotatable bonds is 4. The Morgan fingerprint density at radius 1 is 1.14 bits per heavy atom. The third kappa shape index (κ3) is 3.66. The van der Waals surface area contributed by atoms with E-state index in [9.17, 15) is 4.79 Å². The van der Waals surface area contributed by atoms with Gasteiger partial charge in [0.15, 0.2) is 0 Å². The van der Waals surface area contributed by atoms with Crippen molar-refractivity contribution in [1.82, 2.24) is 20.3 Å². The fourth-order valence-corrected chi connectivity index (χ4v) is 3.62. The molecule has 0 unspecified atom stereocenters. The lowest BCUT2D eigenvalue weighted by Gasteiger charge is -2.28. The van der Waals surface area contributed by atoms with Crippen molar-refractivity contribution in [3.05, 3.63) is 11.4 Å². The summed E-state index contributed by atoms with van der Waals surface area (Å²) in [7, 11) is 0. The molecule has 0 saturated heterocycles. The summed E-state index contributed by atoms with van der Waals surface area (Å²) in [5, 5.41) is 11.3. The summed E-state index contributed by atoms with van der Waals surface area (Å²) in [5.74, 6) is -0.00709. The Hall–Kier alpha value is -1.43. The molecular formula is C16H27N5O. The van der Waals surface area contributed by atoms with Gasteiger partial charge in [0.05, 0.1) is 11.4 Å². The number of aromatic nitrogens is 3. The number of hydrogen-bond donors (Lipinski definition) is 2. The number of aryl methyl sites for hydroxylation is 1. The van der Waals surface area contributed by atoms with E-state index in [4.69, 9.17) is 5.73 Å². The van der Waals surface area contributed by atoms with Crippen molar-refractivity contribution in [1.29, 1.82) is 0 Å². The molecule has 0 spiro atoms. The number of nitrogens with two attached hydrogens (primary N) is 1. The van der Waals surface area contributed by atoms with E-state index in [-0.39, 0.29) is 18.0 Å². The first kappa shape index (κ1) is 15.5. The zero-order valence-electron chi connectivity index (χ0n) is 13.3. The van der Waals surface area contributed by atoms with Crippen molar-refractivity contribution in [3.63, 3.8) is 0 Å². The lowest BCUT2D eigenvalue weighted by Crippen LogP contribution is -2.50. The average molecular weight is 305 g/mol. The first-order valence-electron chi connectivity index (χ1n) is 8.63. The molecule has 3 N–H and O–H groups in total. The van der Waals surface area contributed by atoms with E-state index < -0.39 is 0 Å². The van der Waals surface area contributed by atoms with Crippen LogP contribution in [0, 0.1) is 0 Å². The Kier molecular flexibility index (Phi) is 4.76. The highest BCUT2D eigenvalue weighted by molar-refractivity contribution is 5.75. The Labute approximate surface area is 131 Å². The van der Waals surface area contributed by atoms with Gasteiger partial charge in [-0.15, -0.1) is 5.10 Å². The fourth-order valence-electron chi connectivity index (χ4n) is 3.62. The fraction of sp³-hybridized carbons (Fsp3) is 0.812. The van der Waals surface area contributed by atoms with Gasteiger partial charge in [-0.1, -0.05) is 30.9 Å². The van der Waals surface area contributed by atoms with Crippen LogP contribution in [0.1, 0.15) is 62.8 Å². The second kappa shape index (κ2) is 6.77. The predicted octanol–water partition coefficient (Wildman–Crippen LogP) is 1.32. The zero-order valence-corrected chi connectivity index (χ0v) is 13.3. The molecule has 1 aromatic rings. The Bertz CT molecular complexity index is 517. The zero-order chi connectivity index (χ0) is 15.4. The minimum Gasteiger partial charge on any atom is -0.353 e. The molecular weight excluding hydrogens is 278 g/mol. The lowest BCUT2D eigenvalue weighted by atomic mass is 9.91. The first-order valence-corrected chi connectivity index (χ1v) is 8.63. The standard InChI is InChI=1S/C16H27N5O/c17-16(9-5-1-2-6-10-16)12-18-15(22)11-21-14-8-4-3-7-13(14)19-20-21/h1-12,17H2,(H,18,22). The van der Waals surface area contributed by atoms with Crippen LogP contribution in [0.15, 0.2) is 0 Å². The van der Waals surface area contributed by atoms with Crippen LogP contribution in [0.3, 0.4) is 0 Å². The molecule has 2 aliphatic rings. The summed E-state index contributed by atoms with van der Waals surface area (Å²) in [5.41, 5.74) is 8.42. The van der Waals surface area contributed by atoms with Crippen LogP contribution >= 0.6 is 0 Å². The second-order valence-corrected chi connectivity index (χ2v) is 6.90. The third-order valence-corrected chi connectivity index (χ3v) is 5.03. The van der Waals surface area contributed by atoms with Gasteiger partial charge in [0.1, 0.15) is 6.54 Å². The van der Waals surface area contributed by atoms with Crippen molar-refractivity contribution in [3.8, 4) is 0 Å². The molecule has 1 saturated carbocycles. The molecule has 122 valence electrons. The number of carbonyl (C=O) groups is 1. The van der Waals surface area contributed by atoms with Gasteiger partial charge in [-0.2, -0.15) is 0 Å². The van der Waals surface area contributed by atoms with Gasteiger partial charge < -0.3 is 11.1 Å². The highest BCUT2D eigenvalue weighted by Gasteiger charge is 2.27. The number of nitrogens with one attached hydrogen (secondary N) is 1. The molecule has 3 rings (SSSR count). The number of nitrogens with zero attached hydrogens (tertiary/aromatic N) is 3. The van der Waals surface area contributed by atoms with Crippen LogP contribution in [0.25, 0.3) is 0 Å². The molecule has 22 heavy (non-hydrogen) atoms. The lowest BCUT2D eigenvalue weighted by molar-refractivity contribution is -0.122. The molecule has 0 bridgehead atoms. The Morgan fingerprint density at radius 3 is 2.64 bits per heavy atom. The molecule has 1 fully saturated rings. The van der Waals surface area contributed by atoms with Crippen molar-refractivity contribution >= 4 is 5.91 Å². The minimum absolute atomic E-state index is 0.00709. The Morgan fingerprint density at radius 2 is 1.86 bits per heavy atom. The third-order valence-electron chi connectivity index (χ3n) is 5.03. The number of carbonyl (C=O) groups excluding carboxylic acids is 1. The molecule has 2 aliphatic carbocycles. The topological polar surface area (TPSA) is 85.8 Å². The first-order chi connectivity index (χ1) is 10.7. The van der Waals surface area contributed by atoms with Crippen LogP contribution in [0.4, 0.5) is 0 Å². The van der Waals surface area contributed by atoms with Gasteiger partial charge in [0.2, 0.25) is 5.91 Å². The highest BCUT2D eigenvalue weighted by atomic mass is 16.2. The van der Waals surface area contributed by atoms with Gasteiger partial charge in [-0.3, -0.25) is 4.79 Å². The van der Waals surface area contributed by atoms with Crippen LogP contribution in [0.5, 0.6) is 0 Å². The van der Waals surface area contributed by atoms with E-state index in [1.54, 1.807) is 4.68 Å². The van der Waals surface area contributed by atoms with Crippen LogP contribution < -0.4 is 11.1 Å². The van der Waals surface area contributed by atoms with Crippen molar-refractivity contribution in [2.24, 2.45) is 5.73 Å². The monoisotopic (exact) mass is 305 g/mol. The summed E-state index contributed by atoms with van der Waals surface area (Å²) in [6, 6.07) is 0. The molecule has 6 heteroatoms. The van der Waals surface area contributed by atoms with E-state index in [0.29, 0.717) is 6.54 Å². The average Bonchev–Trinajstić information content (AvgIpc) is 2.79. The molecule has 0 aromatic carbocycles. The van der Waals surface area contributed by atoms with E-state index in [1.807, 2.05) is 0 Å². The maximum atomic E-state index is 12.2. The van der Waals surface area contributed by atoms with Crippen molar-refractivity contribution < 1.29 is 4.79 Å². The van der Waals surface area contributed by atoms with E-state index in [1.165, 1.54) is 32.1 Å². The maximum Gasteiger partial charge on any atom is 0.241 e. The van der Waals surface area contributed by atoms with Crippen molar-refractivity contribution in [2.75, 3.05) is 6.54 Å². The maximum absolute atomic E-state index is 12.2. The highest BCUT2D eigenvalue weighted by Crippen LogP contribution is 2.24. The van der Waals surface area contributed by atoms with E-state index in [2.05, 4.69) is 15.6 Å². The molecule has 0 atom stereocenters. The van der Waals surface area contributed by atoms with Gasteiger partial charge in [-0.25, -0.2) is 4.68 Å². The number of amides is 1. The smallest absolute Gasteiger partial charge is 0.241 e. The van der Waals surface area contributed by atoms with Gasteiger partial charge >= 0.3 is 0 Å². The number of hydrogen-bond acceptors (Lipinski definition) is 4. The van der Waals surface area contributed by atoms with Crippen LogP contribution in [-0.2, 0) is 24.2 Å². The van der Waals surface area contributed by atoms with Gasteiger partial charge in [0, 0.05) is 12.1 Å². The molecule has 1 amide bonds. The van der Waals surface area contributed by atoms with E-state index in [0.717, 1.165) is 43.5 Å². The predicted molar refractivity (Wildman–Crippen MR) is 84.3 cm³/mol. The molecule has 1 aromatic heterocycles. The molecule has 0 aliphatic heterocycles. The van der Waals surface area contributed by atoms with Gasteiger partial charge in [-0.05, 0) is 38.5 Å². The van der Waals surface area contributed by atoms with Gasteiger partial charge in [0.25, 0.3) is 0 Å². The SMILES string of the molecule is NC1(CNC(=O)Cn2nnc3c2CCCC3)CCCCCC1. The summed E-state index contributed by atoms with van der Waals surface area (Å²) in [4.78, 5) is 12.2. The summed E-state index contributed by atoms with van der Waals surface area (Å²) in [6.07, 6.45) is 11.2.